The number of hydrogen-bond donors (Lipinski definition) is 2. The summed E-state index contributed by atoms with van der Waals surface area (Å²) in [6.45, 7) is 7.45. The number of ether oxygens (including phenoxy) is 2. The third-order valence-corrected chi connectivity index (χ3v) is 4.04. The van der Waals surface area contributed by atoms with Crippen molar-refractivity contribution in [3.63, 3.8) is 0 Å². The first-order valence-corrected chi connectivity index (χ1v) is 7.87. The monoisotopic (exact) mass is 341 g/mol. The number of amides is 1. The van der Waals surface area contributed by atoms with Crippen LogP contribution in [0, 0.1) is 0 Å². The van der Waals surface area contributed by atoms with Crippen LogP contribution in [-0.2, 0) is 4.79 Å². The molecule has 1 fully saturated rings. The molecule has 1 saturated heterocycles. The first-order chi connectivity index (χ1) is 10.7. The molecule has 23 heavy (non-hydrogen) atoms. The average Bonchev–Trinajstić information content (AvgIpc) is 2.55. The zero-order chi connectivity index (χ0) is 15.4. The summed E-state index contributed by atoms with van der Waals surface area (Å²) in [5.41, 5.74) is 0. The van der Waals surface area contributed by atoms with Gasteiger partial charge in [-0.25, -0.2) is 0 Å². The van der Waals surface area contributed by atoms with Crippen molar-refractivity contribution in [2.24, 2.45) is 0 Å². The molecule has 128 valence electrons. The molecule has 0 saturated carbocycles. The molecule has 0 spiro atoms. The lowest BCUT2D eigenvalue weighted by molar-refractivity contribution is -0.133. The van der Waals surface area contributed by atoms with Crippen LogP contribution in [0.25, 0.3) is 0 Å². The molecule has 3 rings (SSSR count). The maximum Gasteiger partial charge on any atom is 0.265 e. The number of halogens is 1. The summed E-state index contributed by atoms with van der Waals surface area (Å²) >= 11 is 0. The Bertz CT molecular complexity index is 523. The molecule has 0 radical (unpaired) electrons. The van der Waals surface area contributed by atoms with Gasteiger partial charge in [0.2, 0.25) is 6.10 Å². The average molecular weight is 342 g/mol. The first-order valence-electron chi connectivity index (χ1n) is 7.87. The topological polar surface area (TPSA) is 62.8 Å². The predicted octanol–water partition coefficient (Wildman–Crippen LogP) is 0.658. The van der Waals surface area contributed by atoms with E-state index in [0.717, 1.165) is 32.7 Å². The summed E-state index contributed by atoms with van der Waals surface area (Å²) in [7, 11) is 0. The third-order valence-electron chi connectivity index (χ3n) is 4.04. The minimum absolute atomic E-state index is 0. The summed E-state index contributed by atoms with van der Waals surface area (Å²) < 4.78 is 11.5. The van der Waals surface area contributed by atoms with Gasteiger partial charge in [0, 0.05) is 39.3 Å². The Balaban J connectivity index is 0.00000192. The fraction of sp³-hybridized carbons (Fsp3) is 0.562. The van der Waals surface area contributed by atoms with Crippen LogP contribution in [0.15, 0.2) is 24.3 Å². The molecule has 1 amide bonds. The minimum atomic E-state index is -0.599. The van der Waals surface area contributed by atoms with Gasteiger partial charge >= 0.3 is 0 Å². The van der Waals surface area contributed by atoms with Crippen molar-refractivity contribution >= 4 is 18.3 Å². The molecule has 2 heterocycles. The zero-order valence-corrected chi connectivity index (χ0v) is 14.1. The molecule has 2 N–H and O–H groups in total. The Kier molecular flexibility index (Phi) is 6.50. The molecule has 1 aromatic carbocycles. The van der Waals surface area contributed by atoms with Gasteiger partial charge in [-0.1, -0.05) is 12.1 Å². The van der Waals surface area contributed by atoms with Crippen LogP contribution < -0.4 is 20.1 Å². The van der Waals surface area contributed by atoms with Crippen LogP contribution >= 0.6 is 12.4 Å². The van der Waals surface area contributed by atoms with Gasteiger partial charge in [0.15, 0.2) is 11.5 Å². The Morgan fingerprint density at radius 1 is 1.26 bits per heavy atom. The SMILES string of the molecule is CC1Oc2ccccc2OC1C(=O)NCCN1CCNCC1.Cl. The lowest BCUT2D eigenvalue weighted by Crippen LogP contribution is -2.51. The number of carbonyl (C=O) groups excluding carboxylic acids is 1. The Morgan fingerprint density at radius 2 is 1.91 bits per heavy atom. The van der Waals surface area contributed by atoms with Gasteiger partial charge in [0.25, 0.3) is 5.91 Å². The van der Waals surface area contributed by atoms with Gasteiger partial charge in [-0.2, -0.15) is 0 Å². The molecule has 2 unspecified atom stereocenters. The van der Waals surface area contributed by atoms with Gasteiger partial charge < -0.3 is 20.1 Å². The van der Waals surface area contributed by atoms with E-state index in [-0.39, 0.29) is 24.4 Å². The summed E-state index contributed by atoms with van der Waals surface area (Å²) in [6, 6.07) is 7.44. The highest BCUT2D eigenvalue weighted by molar-refractivity contribution is 5.85. The van der Waals surface area contributed by atoms with E-state index in [1.165, 1.54) is 0 Å². The number of fused-ring (bicyclic) bond motifs is 1. The van der Waals surface area contributed by atoms with Crippen molar-refractivity contribution in [1.29, 1.82) is 0 Å². The summed E-state index contributed by atoms with van der Waals surface area (Å²) in [6.07, 6.45) is -0.896. The largest absolute Gasteiger partial charge is 0.482 e. The first kappa shape index (κ1) is 17.8. The summed E-state index contributed by atoms with van der Waals surface area (Å²) in [4.78, 5) is 14.7. The molecular formula is C16H24ClN3O3. The Labute approximate surface area is 142 Å². The fourth-order valence-corrected chi connectivity index (χ4v) is 2.78. The molecule has 2 aliphatic rings. The Morgan fingerprint density at radius 3 is 2.61 bits per heavy atom. The van der Waals surface area contributed by atoms with Crippen LogP contribution in [0.3, 0.4) is 0 Å². The number of piperazine rings is 1. The van der Waals surface area contributed by atoms with Gasteiger partial charge in [0.05, 0.1) is 0 Å². The van der Waals surface area contributed by atoms with Crippen molar-refractivity contribution in [3.05, 3.63) is 24.3 Å². The standard InChI is InChI=1S/C16H23N3O3.ClH/c1-12-15(22-14-5-3-2-4-13(14)21-12)16(20)18-8-11-19-9-6-17-7-10-19;/h2-5,12,15,17H,6-11H2,1H3,(H,18,20);1H. The fourth-order valence-electron chi connectivity index (χ4n) is 2.78. The highest BCUT2D eigenvalue weighted by atomic mass is 35.5. The predicted molar refractivity (Wildman–Crippen MR) is 90.5 cm³/mol. The van der Waals surface area contributed by atoms with E-state index >= 15 is 0 Å². The second kappa shape index (κ2) is 8.38. The van der Waals surface area contributed by atoms with Gasteiger partial charge in [-0.3, -0.25) is 9.69 Å². The number of nitrogens with one attached hydrogen (secondary N) is 2. The van der Waals surface area contributed by atoms with E-state index in [1.54, 1.807) is 0 Å². The highest BCUT2D eigenvalue weighted by Crippen LogP contribution is 2.33. The number of hydrogen-bond acceptors (Lipinski definition) is 5. The van der Waals surface area contributed by atoms with Crippen LogP contribution in [0.4, 0.5) is 0 Å². The van der Waals surface area contributed by atoms with Crippen molar-refractivity contribution in [3.8, 4) is 11.5 Å². The number of nitrogens with zero attached hydrogens (tertiary/aromatic N) is 1. The molecular weight excluding hydrogens is 318 g/mol. The minimum Gasteiger partial charge on any atom is -0.482 e. The van der Waals surface area contributed by atoms with E-state index in [4.69, 9.17) is 9.47 Å². The Hall–Kier alpha value is -1.50. The molecule has 1 aromatic rings. The van der Waals surface area contributed by atoms with E-state index in [2.05, 4.69) is 15.5 Å². The number of benzene rings is 1. The molecule has 2 atom stereocenters. The third kappa shape index (κ3) is 4.50. The molecule has 7 heteroatoms. The van der Waals surface area contributed by atoms with Crippen molar-refractivity contribution in [2.75, 3.05) is 39.3 Å². The van der Waals surface area contributed by atoms with Crippen LogP contribution in [0.1, 0.15) is 6.92 Å². The maximum atomic E-state index is 12.3. The second-order valence-corrected chi connectivity index (χ2v) is 5.69. The molecule has 2 aliphatic heterocycles. The van der Waals surface area contributed by atoms with Crippen molar-refractivity contribution < 1.29 is 14.3 Å². The van der Waals surface area contributed by atoms with E-state index < -0.39 is 6.10 Å². The highest BCUT2D eigenvalue weighted by Gasteiger charge is 2.33. The van der Waals surface area contributed by atoms with Crippen LogP contribution in [0.5, 0.6) is 11.5 Å². The lowest BCUT2D eigenvalue weighted by atomic mass is 10.1. The number of rotatable bonds is 4. The summed E-state index contributed by atoms with van der Waals surface area (Å²) in [5.74, 6) is 1.21. The molecule has 0 bridgehead atoms. The maximum absolute atomic E-state index is 12.3. The quantitative estimate of drug-likeness (QED) is 0.842. The second-order valence-electron chi connectivity index (χ2n) is 5.69. The van der Waals surface area contributed by atoms with Gasteiger partial charge in [-0.15, -0.1) is 12.4 Å². The van der Waals surface area contributed by atoms with E-state index in [9.17, 15) is 4.79 Å². The molecule has 0 aliphatic carbocycles. The van der Waals surface area contributed by atoms with Crippen molar-refractivity contribution in [1.82, 2.24) is 15.5 Å². The van der Waals surface area contributed by atoms with Crippen LogP contribution in [0.2, 0.25) is 0 Å². The van der Waals surface area contributed by atoms with E-state index in [0.29, 0.717) is 18.0 Å². The normalized spacial score (nSPS) is 23.7. The number of carbonyl (C=O) groups is 1. The van der Waals surface area contributed by atoms with E-state index in [1.807, 2.05) is 31.2 Å². The molecule has 6 nitrogen and oxygen atoms in total. The van der Waals surface area contributed by atoms with Crippen molar-refractivity contribution in [2.45, 2.75) is 19.1 Å². The van der Waals surface area contributed by atoms with Gasteiger partial charge in [0.1, 0.15) is 6.10 Å². The van der Waals surface area contributed by atoms with Crippen LogP contribution in [-0.4, -0.2) is 62.3 Å². The lowest BCUT2D eigenvalue weighted by Gasteiger charge is -2.31. The number of para-hydroxylation sites is 2. The zero-order valence-electron chi connectivity index (χ0n) is 13.3. The molecule has 0 aromatic heterocycles. The smallest absolute Gasteiger partial charge is 0.265 e. The summed E-state index contributed by atoms with van der Waals surface area (Å²) in [5, 5.41) is 6.27. The van der Waals surface area contributed by atoms with Gasteiger partial charge in [-0.05, 0) is 19.1 Å².